The molecule has 142 valence electrons. The van der Waals surface area contributed by atoms with Crippen molar-refractivity contribution >= 4 is 29.8 Å². The maximum atomic E-state index is 5.87. The van der Waals surface area contributed by atoms with Gasteiger partial charge in [0.15, 0.2) is 0 Å². The van der Waals surface area contributed by atoms with Crippen molar-refractivity contribution in [2.75, 3.05) is 0 Å². The van der Waals surface area contributed by atoms with Gasteiger partial charge in [-0.25, -0.2) is 0 Å². The number of benzene rings is 3. The lowest BCUT2D eigenvalue weighted by Gasteiger charge is -2.01. The van der Waals surface area contributed by atoms with Crippen molar-refractivity contribution in [2.45, 2.75) is 5.38 Å². The van der Waals surface area contributed by atoms with Gasteiger partial charge >= 0.3 is 0 Å². The summed E-state index contributed by atoms with van der Waals surface area (Å²) in [6.07, 6.45) is 7.21. The molecular formula is C27H27Cl. The summed E-state index contributed by atoms with van der Waals surface area (Å²) in [6, 6.07) is 27.9. The summed E-state index contributed by atoms with van der Waals surface area (Å²) < 4.78 is 0. The molecule has 0 heterocycles. The highest BCUT2D eigenvalue weighted by Crippen LogP contribution is 2.19. The van der Waals surface area contributed by atoms with Crippen molar-refractivity contribution in [3.05, 3.63) is 140 Å². The highest BCUT2D eigenvalue weighted by atomic mass is 35.5. The average molecular weight is 387 g/mol. The maximum absolute atomic E-state index is 5.87. The summed E-state index contributed by atoms with van der Waals surface area (Å²) in [4.78, 5) is 0. The second-order valence-electron chi connectivity index (χ2n) is 5.70. The van der Waals surface area contributed by atoms with Gasteiger partial charge in [-0.3, -0.25) is 0 Å². The Morgan fingerprint density at radius 3 is 1.36 bits per heavy atom. The molecule has 0 aliphatic carbocycles. The van der Waals surface area contributed by atoms with Crippen LogP contribution in [-0.2, 0) is 0 Å². The number of allylic oxidation sites excluding steroid dienone is 1. The fourth-order valence-corrected chi connectivity index (χ4v) is 2.39. The van der Waals surface area contributed by atoms with Crippen LogP contribution in [0.15, 0.2) is 117 Å². The van der Waals surface area contributed by atoms with Crippen molar-refractivity contribution in [3.8, 4) is 0 Å². The standard InChI is InChI=1S/C10H10.C9H9Cl.C8H8/c1-3-9-7-5-6-8-10(9)4-2;1-2-9(10)8-6-4-3-5-7-8;1-2-8-6-4-3-5-7-8/h3-8H,1-2H2;2-7,9H,1H2;2-7H,1H2. The Balaban J connectivity index is 0.000000212. The Bertz CT molecular complexity index is 821. The van der Waals surface area contributed by atoms with Crippen LogP contribution in [0, 0.1) is 0 Å². The van der Waals surface area contributed by atoms with Crippen LogP contribution in [0.5, 0.6) is 0 Å². The van der Waals surface area contributed by atoms with Gasteiger partial charge in [0.25, 0.3) is 0 Å². The van der Waals surface area contributed by atoms with E-state index in [0.717, 1.165) is 16.7 Å². The molecule has 0 saturated heterocycles. The second kappa shape index (κ2) is 14.0. The molecular weight excluding hydrogens is 360 g/mol. The first kappa shape index (κ1) is 23.0. The minimum Gasteiger partial charge on any atom is -0.113 e. The third-order valence-electron chi connectivity index (χ3n) is 3.80. The first-order valence-corrected chi connectivity index (χ1v) is 9.42. The van der Waals surface area contributed by atoms with Crippen LogP contribution in [0.3, 0.4) is 0 Å². The maximum Gasteiger partial charge on any atom is 0.0763 e. The predicted molar refractivity (Wildman–Crippen MR) is 128 cm³/mol. The van der Waals surface area contributed by atoms with Crippen LogP contribution in [-0.4, -0.2) is 0 Å². The summed E-state index contributed by atoms with van der Waals surface area (Å²) in [5.41, 5.74) is 4.54. The molecule has 28 heavy (non-hydrogen) atoms. The third-order valence-corrected chi connectivity index (χ3v) is 4.23. The van der Waals surface area contributed by atoms with Crippen LogP contribution in [0.4, 0.5) is 0 Å². The summed E-state index contributed by atoms with van der Waals surface area (Å²) >= 11 is 5.87. The van der Waals surface area contributed by atoms with E-state index >= 15 is 0 Å². The smallest absolute Gasteiger partial charge is 0.0763 e. The van der Waals surface area contributed by atoms with Crippen LogP contribution < -0.4 is 0 Å². The van der Waals surface area contributed by atoms with Gasteiger partial charge < -0.3 is 0 Å². The fraction of sp³-hybridized carbons (Fsp3) is 0.0370. The predicted octanol–water partition coefficient (Wildman–Crippen LogP) is 8.45. The first-order valence-electron chi connectivity index (χ1n) is 8.99. The normalized spacial score (nSPS) is 10.0. The number of alkyl halides is 1. The Labute approximate surface area is 174 Å². The molecule has 1 atom stereocenters. The van der Waals surface area contributed by atoms with Crippen molar-refractivity contribution in [2.24, 2.45) is 0 Å². The summed E-state index contributed by atoms with van der Waals surface area (Å²) in [6.45, 7) is 14.6. The molecule has 0 spiro atoms. The van der Waals surface area contributed by atoms with E-state index in [0.29, 0.717) is 0 Å². The Hall–Kier alpha value is -3.09. The highest BCUT2D eigenvalue weighted by molar-refractivity contribution is 6.21. The summed E-state index contributed by atoms with van der Waals surface area (Å²) in [5.74, 6) is 0. The molecule has 0 radical (unpaired) electrons. The highest BCUT2D eigenvalue weighted by Gasteiger charge is 1.98. The van der Waals surface area contributed by atoms with E-state index in [4.69, 9.17) is 11.6 Å². The van der Waals surface area contributed by atoms with Gasteiger partial charge in [0.1, 0.15) is 0 Å². The molecule has 0 bridgehead atoms. The minimum atomic E-state index is -0.0544. The van der Waals surface area contributed by atoms with E-state index < -0.39 is 0 Å². The zero-order chi connectivity index (χ0) is 20.6. The molecule has 1 unspecified atom stereocenters. The number of hydrogen-bond donors (Lipinski definition) is 0. The van der Waals surface area contributed by atoms with Gasteiger partial charge in [-0.15, -0.1) is 18.2 Å². The van der Waals surface area contributed by atoms with Crippen LogP contribution in [0.1, 0.15) is 27.6 Å². The zero-order valence-corrected chi connectivity index (χ0v) is 16.9. The minimum absolute atomic E-state index is 0.0544. The van der Waals surface area contributed by atoms with Gasteiger partial charge in [0.2, 0.25) is 0 Å². The van der Waals surface area contributed by atoms with Crippen LogP contribution in [0.25, 0.3) is 18.2 Å². The van der Waals surface area contributed by atoms with Gasteiger partial charge in [-0.2, -0.15) is 0 Å². The fourth-order valence-electron chi connectivity index (χ4n) is 2.24. The van der Waals surface area contributed by atoms with Crippen molar-refractivity contribution < 1.29 is 0 Å². The number of hydrogen-bond acceptors (Lipinski definition) is 0. The topological polar surface area (TPSA) is 0 Å². The SMILES string of the molecule is C=CC(Cl)c1ccccc1.C=Cc1ccccc1.C=Cc1ccccc1C=C. The van der Waals surface area contributed by atoms with E-state index in [1.165, 1.54) is 5.56 Å². The lowest BCUT2D eigenvalue weighted by Crippen LogP contribution is -1.82. The van der Waals surface area contributed by atoms with Gasteiger partial charge in [-0.1, -0.05) is 129 Å². The van der Waals surface area contributed by atoms with E-state index in [2.05, 4.69) is 26.3 Å². The Kier molecular flexibility index (Phi) is 11.5. The molecule has 0 nitrogen and oxygen atoms in total. The molecule has 0 saturated carbocycles. The van der Waals surface area contributed by atoms with Crippen molar-refractivity contribution in [1.29, 1.82) is 0 Å². The first-order chi connectivity index (χ1) is 13.7. The van der Waals surface area contributed by atoms with Crippen molar-refractivity contribution in [3.63, 3.8) is 0 Å². The molecule has 3 aromatic rings. The van der Waals surface area contributed by atoms with Gasteiger partial charge in [-0.05, 0) is 22.3 Å². The lowest BCUT2D eigenvalue weighted by atomic mass is 10.1. The lowest BCUT2D eigenvalue weighted by molar-refractivity contribution is 1.22. The monoisotopic (exact) mass is 386 g/mol. The van der Waals surface area contributed by atoms with Crippen LogP contribution >= 0.6 is 11.6 Å². The molecule has 0 amide bonds. The average Bonchev–Trinajstić information content (AvgIpc) is 2.80. The summed E-state index contributed by atoms with van der Waals surface area (Å²) in [7, 11) is 0. The van der Waals surface area contributed by atoms with Gasteiger partial charge in [0.05, 0.1) is 5.38 Å². The molecule has 0 aromatic heterocycles. The molecule has 0 N–H and O–H groups in total. The number of halogens is 1. The molecule has 3 aromatic carbocycles. The Morgan fingerprint density at radius 2 is 1.00 bits per heavy atom. The molecule has 1 heteroatoms. The largest absolute Gasteiger partial charge is 0.113 e. The van der Waals surface area contributed by atoms with E-state index in [1.807, 2.05) is 103 Å². The zero-order valence-electron chi connectivity index (χ0n) is 16.2. The third kappa shape index (κ3) is 8.53. The van der Waals surface area contributed by atoms with E-state index in [-0.39, 0.29) is 5.38 Å². The van der Waals surface area contributed by atoms with Crippen molar-refractivity contribution in [1.82, 2.24) is 0 Å². The molecule has 3 rings (SSSR count). The Morgan fingerprint density at radius 1 is 0.571 bits per heavy atom. The molecule has 0 fully saturated rings. The molecule has 0 aliphatic heterocycles. The summed E-state index contributed by atoms with van der Waals surface area (Å²) in [5, 5.41) is -0.0544. The van der Waals surface area contributed by atoms with Gasteiger partial charge in [0, 0.05) is 0 Å². The quantitative estimate of drug-likeness (QED) is 0.304. The number of rotatable bonds is 5. The molecule has 0 aliphatic rings. The van der Waals surface area contributed by atoms with E-state index in [1.54, 1.807) is 6.08 Å². The van der Waals surface area contributed by atoms with Crippen LogP contribution in [0.2, 0.25) is 0 Å². The van der Waals surface area contributed by atoms with E-state index in [9.17, 15) is 0 Å². The second-order valence-corrected chi connectivity index (χ2v) is 6.17.